The van der Waals surface area contributed by atoms with Gasteiger partial charge in [0.25, 0.3) is 0 Å². The summed E-state index contributed by atoms with van der Waals surface area (Å²) < 4.78 is 41.4. The highest BCUT2D eigenvalue weighted by Gasteiger charge is 2.28. The molecule has 0 radical (unpaired) electrons. The Kier molecular flexibility index (Phi) is 10.6. The van der Waals surface area contributed by atoms with Crippen LogP contribution in [0, 0.1) is 0 Å². The van der Waals surface area contributed by atoms with Crippen molar-refractivity contribution in [2.75, 3.05) is 19.7 Å². The Morgan fingerprint density at radius 1 is 1.11 bits per heavy atom. The van der Waals surface area contributed by atoms with E-state index < -0.39 is 12.8 Å². The predicted octanol–water partition coefficient (Wildman–Crippen LogP) is 3.94. The second-order valence-electron chi connectivity index (χ2n) is 5.76. The molecule has 0 atom stereocenters. The molecule has 1 aromatic heterocycles. The topological polar surface area (TPSA) is 58.5 Å². The molecule has 0 unspecified atom stereocenters. The number of aliphatic imine (C=N–C) groups is 1. The Bertz CT molecular complexity index is 727. The molecule has 1 aromatic carbocycles. The summed E-state index contributed by atoms with van der Waals surface area (Å²) in [5.74, 6) is 0.574. The number of hydrogen-bond acceptors (Lipinski definition) is 3. The lowest BCUT2D eigenvalue weighted by atomic mass is 10.1. The van der Waals surface area contributed by atoms with Crippen LogP contribution in [0.15, 0.2) is 53.7 Å². The molecule has 0 bridgehead atoms. The quantitative estimate of drug-likeness (QED) is 0.323. The van der Waals surface area contributed by atoms with E-state index in [0.29, 0.717) is 31.2 Å². The summed E-state index contributed by atoms with van der Waals surface area (Å²) in [5.41, 5.74) is 1.93. The van der Waals surface area contributed by atoms with E-state index in [1.807, 2.05) is 25.1 Å². The summed E-state index contributed by atoms with van der Waals surface area (Å²) >= 11 is 0. The zero-order valence-corrected chi connectivity index (χ0v) is 17.8. The number of aromatic nitrogens is 1. The van der Waals surface area contributed by atoms with Crippen LogP contribution in [0.4, 0.5) is 13.2 Å². The number of halogens is 4. The van der Waals surface area contributed by atoms with Crippen molar-refractivity contribution in [1.29, 1.82) is 0 Å². The van der Waals surface area contributed by atoms with E-state index in [1.54, 1.807) is 6.07 Å². The molecule has 154 valence electrons. The fourth-order valence-electron chi connectivity index (χ4n) is 2.27. The number of nitrogens with one attached hydrogen (secondary N) is 2. The highest BCUT2D eigenvalue weighted by Crippen LogP contribution is 2.17. The van der Waals surface area contributed by atoms with Crippen LogP contribution in [-0.4, -0.2) is 36.8 Å². The molecular formula is C19H24F3IN4O. The summed E-state index contributed by atoms with van der Waals surface area (Å²) in [4.78, 5) is 8.24. The molecule has 0 aliphatic heterocycles. The summed E-state index contributed by atoms with van der Waals surface area (Å²) in [6.07, 6.45) is -2.13. The van der Waals surface area contributed by atoms with E-state index in [1.165, 1.54) is 17.8 Å². The first kappa shape index (κ1) is 24.0. The minimum Gasteiger partial charge on any atom is -0.468 e. The van der Waals surface area contributed by atoms with Crippen LogP contribution >= 0.6 is 24.0 Å². The first-order valence-electron chi connectivity index (χ1n) is 8.67. The van der Waals surface area contributed by atoms with E-state index in [4.69, 9.17) is 0 Å². The van der Waals surface area contributed by atoms with Crippen molar-refractivity contribution in [2.24, 2.45) is 4.99 Å². The summed E-state index contributed by atoms with van der Waals surface area (Å²) in [6.45, 7) is 2.31. The van der Waals surface area contributed by atoms with Crippen LogP contribution in [0.3, 0.4) is 0 Å². The van der Waals surface area contributed by atoms with Crippen molar-refractivity contribution in [3.05, 3.63) is 59.8 Å². The van der Waals surface area contributed by atoms with Gasteiger partial charge in [0.1, 0.15) is 0 Å². The van der Waals surface area contributed by atoms with Gasteiger partial charge in [0, 0.05) is 25.4 Å². The molecule has 0 amide bonds. The van der Waals surface area contributed by atoms with Gasteiger partial charge in [-0.25, -0.2) is 9.98 Å². The Hall–Kier alpha value is -2.04. The number of rotatable bonds is 8. The second kappa shape index (κ2) is 12.4. The Morgan fingerprint density at radius 2 is 1.86 bits per heavy atom. The van der Waals surface area contributed by atoms with Gasteiger partial charge in [0.15, 0.2) is 12.6 Å². The normalized spacial score (nSPS) is 11.5. The molecule has 5 nitrogen and oxygen atoms in total. The highest BCUT2D eigenvalue weighted by atomic mass is 127. The lowest BCUT2D eigenvalue weighted by molar-refractivity contribution is -0.154. The van der Waals surface area contributed by atoms with Crippen molar-refractivity contribution in [1.82, 2.24) is 15.6 Å². The van der Waals surface area contributed by atoms with Crippen LogP contribution < -0.4 is 15.4 Å². The first-order chi connectivity index (χ1) is 13.0. The Labute approximate surface area is 179 Å². The summed E-state index contributed by atoms with van der Waals surface area (Å²) in [7, 11) is 0. The monoisotopic (exact) mass is 508 g/mol. The van der Waals surface area contributed by atoms with Crippen molar-refractivity contribution in [3.63, 3.8) is 0 Å². The van der Waals surface area contributed by atoms with Crippen LogP contribution in [0.1, 0.15) is 18.1 Å². The van der Waals surface area contributed by atoms with Crippen LogP contribution in [0.5, 0.6) is 5.88 Å². The van der Waals surface area contributed by atoms with Crippen molar-refractivity contribution in [2.45, 2.75) is 26.1 Å². The van der Waals surface area contributed by atoms with Gasteiger partial charge in [-0.1, -0.05) is 30.3 Å². The van der Waals surface area contributed by atoms with Crippen LogP contribution in [0.25, 0.3) is 0 Å². The third kappa shape index (κ3) is 9.77. The smallest absolute Gasteiger partial charge is 0.422 e. The molecule has 0 aliphatic carbocycles. The number of nitrogens with zero attached hydrogens (tertiary/aromatic N) is 2. The van der Waals surface area contributed by atoms with E-state index in [-0.39, 0.29) is 29.9 Å². The molecule has 2 aromatic rings. The molecule has 0 spiro atoms. The number of guanidine groups is 1. The molecular weight excluding hydrogens is 484 g/mol. The van der Waals surface area contributed by atoms with Crippen LogP contribution in [-0.2, 0) is 13.0 Å². The highest BCUT2D eigenvalue weighted by molar-refractivity contribution is 14.0. The molecule has 0 saturated carbocycles. The molecule has 9 heteroatoms. The maximum Gasteiger partial charge on any atom is 0.422 e. The molecule has 2 rings (SSSR count). The third-order valence-electron chi connectivity index (χ3n) is 3.50. The standard InChI is InChI=1S/C19H23F3N4O.HI/c1-2-23-18(25-11-8-15-6-4-3-5-7-15)26-13-16-9-10-24-17(12-16)27-14-19(20,21)22;/h3-7,9-10,12H,2,8,11,13-14H2,1H3,(H2,23,25,26);1H. The van der Waals surface area contributed by atoms with Gasteiger partial charge < -0.3 is 15.4 Å². The van der Waals surface area contributed by atoms with E-state index in [0.717, 1.165) is 6.42 Å². The van der Waals surface area contributed by atoms with Gasteiger partial charge in [-0.2, -0.15) is 13.2 Å². The number of ether oxygens (including phenoxy) is 1. The SMILES string of the molecule is CCNC(=NCc1ccnc(OCC(F)(F)F)c1)NCCc1ccccc1.I. The third-order valence-corrected chi connectivity index (χ3v) is 3.50. The number of alkyl halides is 3. The molecule has 0 fully saturated rings. The largest absolute Gasteiger partial charge is 0.468 e. The molecule has 28 heavy (non-hydrogen) atoms. The van der Waals surface area contributed by atoms with Gasteiger partial charge in [-0.15, -0.1) is 24.0 Å². The zero-order valence-electron chi connectivity index (χ0n) is 15.5. The zero-order chi connectivity index (χ0) is 19.5. The summed E-state index contributed by atoms with van der Waals surface area (Å²) in [5, 5.41) is 6.38. The van der Waals surface area contributed by atoms with Gasteiger partial charge in [0.05, 0.1) is 6.54 Å². The van der Waals surface area contributed by atoms with Crippen molar-refractivity contribution in [3.8, 4) is 5.88 Å². The van der Waals surface area contributed by atoms with Gasteiger partial charge in [-0.05, 0) is 30.5 Å². The van der Waals surface area contributed by atoms with E-state index in [9.17, 15) is 13.2 Å². The maximum atomic E-state index is 12.2. The van der Waals surface area contributed by atoms with Gasteiger partial charge in [0.2, 0.25) is 5.88 Å². The van der Waals surface area contributed by atoms with E-state index in [2.05, 4.69) is 37.5 Å². The van der Waals surface area contributed by atoms with Crippen LogP contribution in [0.2, 0.25) is 0 Å². The number of hydrogen-bond donors (Lipinski definition) is 2. The minimum absolute atomic E-state index is 0. The molecule has 0 aliphatic rings. The average Bonchev–Trinajstić information content (AvgIpc) is 2.65. The summed E-state index contributed by atoms with van der Waals surface area (Å²) in [6, 6.07) is 13.2. The lowest BCUT2D eigenvalue weighted by Gasteiger charge is -2.12. The first-order valence-corrected chi connectivity index (χ1v) is 8.67. The van der Waals surface area contributed by atoms with E-state index >= 15 is 0 Å². The van der Waals surface area contributed by atoms with Crippen molar-refractivity contribution < 1.29 is 17.9 Å². The minimum atomic E-state index is -4.39. The molecule has 1 heterocycles. The van der Waals surface area contributed by atoms with Gasteiger partial charge >= 0.3 is 6.18 Å². The Balaban J connectivity index is 0.00000392. The lowest BCUT2D eigenvalue weighted by Crippen LogP contribution is -2.38. The van der Waals surface area contributed by atoms with Crippen molar-refractivity contribution >= 4 is 29.9 Å². The predicted molar refractivity (Wildman–Crippen MR) is 114 cm³/mol. The number of pyridine rings is 1. The Morgan fingerprint density at radius 3 is 2.54 bits per heavy atom. The average molecular weight is 508 g/mol. The molecule has 2 N–H and O–H groups in total. The maximum absolute atomic E-state index is 12.2. The fourth-order valence-corrected chi connectivity index (χ4v) is 2.27. The number of benzene rings is 1. The second-order valence-corrected chi connectivity index (χ2v) is 5.76. The fraction of sp³-hybridized carbons (Fsp3) is 0.368. The molecule has 0 saturated heterocycles. The van der Waals surface area contributed by atoms with Gasteiger partial charge in [-0.3, -0.25) is 0 Å².